The van der Waals surface area contributed by atoms with E-state index in [9.17, 15) is 0 Å². The molecule has 2 aliphatic rings. The summed E-state index contributed by atoms with van der Waals surface area (Å²) in [5.74, 6) is 0.729. The van der Waals surface area contributed by atoms with E-state index in [-0.39, 0.29) is 0 Å². The maximum absolute atomic E-state index is 5.97. The van der Waals surface area contributed by atoms with Crippen molar-refractivity contribution in [2.45, 2.75) is 77.0 Å². The zero-order valence-electron chi connectivity index (χ0n) is 12.8. The summed E-state index contributed by atoms with van der Waals surface area (Å²) in [6.45, 7) is 7.56. The Morgan fingerprint density at radius 2 is 2.05 bits per heavy atom. The van der Waals surface area contributed by atoms with Gasteiger partial charge in [0.25, 0.3) is 0 Å². The third-order valence-electron chi connectivity index (χ3n) is 5.13. The molecule has 2 N–H and O–H groups in total. The van der Waals surface area contributed by atoms with Crippen LogP contribution in [0.3, 0.4) is 0 Å². The van der Waals surface area contributed by atoms with Gasteiger partial charge in [0.05, 0.1) is 6.10 Å². The van der Waals surface area contributed by atoms with Crippen LogP contribution in [0.25, 0.3) is 0 Å². The van der Waals surface area contributed by atoms with Crippen LogP contribution in [0.1, 0.15) is 58.8 Å². The van der Waals surface area contributed by atoms with Crippen molar-refractivity contribution >= 4 is 0 Å². The summed E-state index contributed by atoms with van der Waals surface area (Å²) >= 11 is 0. The first kappa shape index (κ1) is 15.3. The van der Waals surface area contributed by atoms with E-state index in [0.29, 0.717) is 6.10 Å². The van der Waals surface area contributed by atoms with Crippen molar-refractivity contribution in [3.05, 3.63) is 0 Å². The molecule has 2 fully saturated rings. The fourth-order valence-electron chi connectivity index (χ4n) is 4.18. The van der Waals surface area contributed by atoms with Gasteiger partial charge in [0.1, 0.15) is 0 Å². The number of hydrogen-bond donors (Lipinski definition) is 1. The molecule has 0 amide bonds. The van der Waals surface area contributed by atoms with Crippen molar-refractivity contribution in [2.24, 2.45) is 11.7 Å². The van der Waals surface area contributed by atoms with E-state index in [0.717, 1.165) is 31.2 Å². The first-order valence-corrected chi connectivity index (χ1v) is 8.37. The molecule has 1 heterocycles. The number of nitrogens with zero attached hydrogens (tertiary/aromatic N) is 1. The first-order valence-electron chi connectivity index (χ1n) is 8.37. The Bertz CT molecular complexity index is 257. The summed E-state index contributed by atoms with van der Waals surface area (Å²) in [7, 11) is 0. The van der Waals surface area contributed by atoms with Gasteiger partial charge in [-0.2, -0.15) is 0 Å². The van der Waals surface area contributed by atoms with Crippen LogP contribution in [0.2, 0.25) is 0 Å². The molecule has 0 radical (unpaired) electrons. The Balaban J connectivity index is 1.96. The molecule has 1 saturated carbocycles. The normalized spacial score (nSPS) is 36.0. The molecule has 1 aliphatic carbocycles. The van der Waals surface area contributed by atoms with Gasteiger partial charge in [0.15, 0.2) is 0 Å². The molecule has 2 rings (SSSR count). The molecule has 0 bridgehead atoms. The largest absolute Gasteiger partial charge is 0.378 e. The lowest BCUT2D eigenvalue weighted by atomic mass is 9.94. The molecule has 1 aliphatic heterocycles. The van der Waals surface area contributed by atoms with Gasteiger partial charge in [-0.05, 0) is 51.1 Å². The molecule has 112 valence electrons. The molecule has 0 aromatic heterocycles. The maximum atomic E-state index is 5.97. The van der Waals surface area contributed by atoms with Gasteiger partial charge in [-0.15, -0.1) is 0 Å². The van der Waals surface area contributed by atoms with E-state index in [1.54, 1.807) is 0 Å². The molecule has 3 heteroatoms. The van der Waals surface area contributed by atoms with Crippen molar-refractivity contribution < 1.29 is 4.74 Å². The highest BCUT2D eigenvalue weighted by Gasteiger charge is 2.36. The predicted octanol–water partition coefficient (Wildman–Crippen LogP) is 2.78. The second-order valence-corrected chi connectivity index (χ2v) is 6.28. The Morgan fingerprint density at radius 3 is 2.74 bits per heavy atom. The molecular formula is C16H32N2O. The molecule has 0 aromatic carbocycles. The van der Waals surface area contributed by atoms with Crippen LogP contribution in [-0.4, -0.2) is 42.8 Å². The van der Waals surface area contributed by atoms with Crippen molar-refractivity contribution in [3.8, 4) is 0 Å². The van der Waals surface area contributed by atoms with E-state index in [1.165, 1.54) is 51.5 Å². The average molecular weight is 268 g/mol. The summed E-state index contributed by atoms with van der Waals surface area (Å²) in [4.78, 5) is 2.76. The SMILES string of the molecule is CCCC1CC(N(CC)C2CCCC2CN)CCO1. The van der Waals surface area contributed by atoms with Gasteiger partial charge >= 0.3 is 0 Å². The molecule has 19 heavy (non-hydrogen) atoms. The Hall–Kier alpha value is -0.120. The van der Waals surface area contributed by atoms with Crippen LogP contribution in [0.4, 0.5) is 0 Å². The zero-order chi connectivity index (χ0) is 13.7. The standard InChI is InChI=1S/C16H32N2O/c1-3-6-15-11-14(9-10-19-15)18(4-2)16-8-5-7-13(16)12-17/h13-16H,3-12,17H2,1-2H3. The van der Waals surface area contributed by atoms with Crippen LogP contribution in [0.15, 0.2) is 0 Å². The van der Waals surface area contributed by atoms with Crippen LogP contribution in [0, 0.1) is 5.92 Å². The molecule has 3 nitrogen and oxygen atoms in total. The summed E-state index contributed by atoms with van der Waals surface area (Å²) in [5, 5.41) is 0. The third-order valence-corrected chi connectivity index (χ3v) is 5.13. The Labute approximate surface area is 118 Å². The van der Waals surface area contributed by atoms with Crippen molar-refractivity contribution in [3.63, 3.8) is 0 Å². The summed E-state index contributed by atoms with van der Waals surface area (Å²) in [6.07, 6.45) is 9.44. The van der Waals surface area contributed by atoms with Gasteiger partial charge < -0.3 is 10.5 Å². The topological polar surface area (TPSA) is 38.5 Å². The Kier molecular flexibility index (Phi) is 6.11. The smallest absolute Gasteiger partial charge is 0.0590 e. The quantitative estimate of drug-likeness (QED) is 0.805. The monoisotopic (exact) mass is 268 g/mol. The molecule has 4 unspecified atom stereocenters. The summed E-state index contributed by atoms with van der Waals surface area (Å²) < 4.78 is 5.91. The van der Waals surface area contributed by atoms with Crippen LogP contribution in [0.5, 0.6) is 0 Å². The van der Waals surface area contributed by atoms with Gasteiger partial charge in [-0.25, -0.2) is 0 Å². The molecule has 4 atom stereocenters. The van der Waals surface area contributed by atoms with Crippen molar-refractivity contribution in [1.82, 2.24) is 4.90 Å². The highest BCUT2D eigenvalue weighted by atomic mass is 16.5. The second kappa shape index (κ2) is 7.61. The number of nitrogens with two attached hydrogens (primary N) is 1. The highest BCUT2D eigenvalue weighted by molar-refractivity contribution is 4.90. The van der Waals surface area contributed by atoms with E-state index in [4.69, 9.17) is 10.5 Å². The minimum Gasteiger partial charge on any atom is -0.378 e. The maximum Gasteiger partial charge on any atom is 0.0590 e. The molecular weight excluding hydrogens is 236 g/mol. The first-order chi connectivity index (χ1) is 9.30. The van der Waals surface area contributed by atoms with Crippen molar-refractivity contribution in [2.75, 3.05) is 19.7 Å². The van der Waals surface area contributed by atoms with Crippen LogP contribution in [-0.2, 0) is 4.74 Å². The number of rotatable bonds is 6. The van der Waals surface area contributed by atoms with Crippen molar-refractivity contribution in [1.29, 1.82) is 0 Å². The third kappa shape index (κ3) is 3.71. The number of ether oxygens (including phenoxy) is 1. The summed E-state index contributed by atoms with van der Waals surface area (Å²) in [5.41, 5.74) is 5.97. The summed E-state index contributed by atoms with van der Waals surface area (Å²) in [6, 6.07) is 1.47. The van der Waals surface area contributed by atoms with Gasteiger partial charge in [-0.3, -0.25) is 4.90 Å². The lowest BCUT2D eigenvalue weighted by molar-refractivity contribution is -0.0423. The minimum absolute atomic E-state index is 0.496. The van der Waals surface area contributed by atoms with Crippen LogP contribution >= 0.6 is 0 Å². The average Bonchev–Trinajstić information content (AvgIpc) is 2.89. The predicted molar refractivity (Wildman–Crippen MR) is 80.2 cm³/mol. The fourth-order valence-corrected chi connectivity index (χ4v) is 4.18. The molecule has 0 aromatic rings. The lowest BCUT2D eigenvalue weighted by Crippen LogP contribution is -2.49. The Morgan fingerprint density at radius 1 is 1.21 bits per heavy atom. The second-order valence-electron chi connectivity index (χ2n) is 6.28. The molecule has 0 spiro atoms. The zero-order valence-corrected chi connectivity index (χ0v) is 12.8. The van der Waals surface area contributed by atoms with Crippen LogP contribution < -0.4 is 5.73 Å². The van der Waals surface area contributed by atoms with E-state index >= 15 is 0 Å². The van der Waals surface area contributed by atoms with Gasteiger partial charge in [-0.1, -0.05) is 26.7 Å². The van der Waals surface area contributed by atoms with E-state index < -0.39 is 0 Å². The van der Waals surface area contributed by atoms with E-state index in [2.05, 4.69) is 18.7 Å². The fraction of sp³-hybridized carbons (Fsp3) is 1.00. The van der Waals surface area contributed by atoms with Gasteiger partial charge in [0, 0.05) is 18.7 Å². The number of hydrogen-bond acceptors (Lipinski definition) is 3. The lowest BCUT2D eigenvalue weighted by Gasteiger charge is -2.42. The molecule has 1 saturated heterocycles. The minimum atomic E-state index is 0.496. The van der Waals surface area contributed by atoms with E-state index in [1.807, 2.05) is 0 Å². The highest BCUT2D eigenvalue weighted by Crippen LogP contribution is 2.33. The van der Waals surface area contributed by atoms with Gasteiger partial charge in [0.2, 0.25) is 0 Å².